The van der Waals surface area contributed by atoms with Crippen LogP contribution in [0.15, 0.2) is 29.4 Å². The molecule has 0 bridgehead atoms. The largest absolute Gasteiger partial charge is 0.494 e. The summed E-state index contributed by atoms with van der Waals surface area (Å²) in [5.41, 5.74) is -4.13. The molecule has 1 heterocycles. The van der Waals surface area contributed by atoms with Gasteiger partial charge in [0.05, 0.1) is 6.61 Å². The van der Waals surface area contributed by atoms with Crippen LogP contribution in [0.1, 0.15) is 36.5 Å². The van der Waals surface area contributed by atoms with Crippen molar-refractivity contribution in [2.24, 2.45) is 5.10 Å². The molecule has 1 aliphatic heterocycles. The van der Waals surface area contributed by atoms with Gasteiger partial charge in [-0.15, -0.1) is 0 Å². The fourth-order valence-corrected chi connectivity index (χ4v) is 2.25. The molecule has 0 saturated carbocycles. The van der Waals surface area contributed by atoms with Crippen molar-refractivity contribution in [3.8, 4) is 5.75 Å². The van der Waals surface area contributed by atoms with Crippen molar-refractivity contribution in [3.05, 3.63) is 29.8 Å². The van der Waals surface area contributed by atoms with Gasteiger partial charge in [-0.25, -0.2) is 17.6 Å². The van der Waals surface area contributed by atoms with E-state index >= 15 is 0 Å². The van der Waals surface area contributed by atoms with Gasteiger partial charge in [-0.1, -0.05) is 13.3 Å². The van der Waals surface area contributed by atoms with Gasteiger partial charge in [0.25, 0.3) is 18.8 Å². The number of alkyl halides is 4. The van der Waals surface area contributed by atoms with Crippen LogP contribution in [0.3, 0.4) is 0 Å². The van der Waals surface area contributed by atoms with Crippen molar-refractivity contribution in [1.29, 1.82) is 0 Å². The maximum Gasteiger partial charge on any atom is 0.287 e. The van der Waals surface area contributed by atoms with Gasteiger partial charge >= 0.3 is 0 Å². The van der Waals surface area contributed by atoms with Crippen molar-refractivity contribution >= 4 is 11.6 Å². The van der Waals surface area contributed by atoms with E-state index in [1.807, 2.05) is 6.92 Å². The van der Waals surface area contributed by atoms with Gasteiger partial charge in [0.15, 0.2) is 0 Å². The van der Waals surface area contributed by atoms with Crippen LogP contribution in [0.5, 0.6) is 5.75 Å². The first kappa shape index (κ1) is 19.2. The molecular formula is C16H18F4N2O3. The minimum absolute atomic E-state index is 0.0338. The minimum atomic E-state index is -3.45. The number of ether oxygens (including phenoxy) is 1. The number of halogens is 4. The molecule has 1 aliphatic rings. The summed E-state index contributed by atoms with van der Waals surface area (Å²) in [5, 5.41) is 13.2. The lowest BCUT2D eigenvalue weighted by Crippen LogP contribution is -2.51. The van der Waals surface area contributed by atoms with Crippen LogP contribution >= 0.6 is 0 Å². The molecule has 0 saturated heterocycles. The molecular weight excluding hydrogens is 344 g/mol. The second kappa shape index (κ2) is 7.81. The quantitative estimate of drug-likeness (QED) is 0.598. The summed E-state index contributed by atoms with van der Waals surface area (Å²) in [6, 6.07) is 5.51. The van der Waals surface area contributed by atoms with E-state index in [0.29, 0.717) is 12.4 Å². The van der Waals surface area contributed by atoms with Gasteiger partial charge in [0.1, 0.15) is 11.5 Å². The third kappa shape index (κ3) is 4.09. The zero-order chi connectivity index (χ0) is 18.6. The number of hydrogen-bond donors (Lipinski definition) is 1. The molecule has 1 N–H and O–H groups in total. The summed E-state index contributed by atoms with van der Waals surface area (Å²) in [6.07, 6.45) is -5.90. The molecule has 25 heavy (non-hydrogen) atoms. The lowest BCUT2D eigenvalue weighted by atomic mass is 10.1. The van der Waals surface area contributed by atoms with Crippen LogP contribution in [-0.2, 0) is 0 Å². The summed E-state index contributed by atoms with van der Waals surface area (Å²) >= 11 is 0. The van der Waals surface area contributed by atoms with E-state index in [4.69, 9.17) is 4.74 Å². The molecule has 1 aromatic carbocycles. The van der Waals surface area contributed by atoms with Gasteiger partial charge in [0, 0.05) is 12.0 Å². The zero-order valence-electron chi connectivity index (χ0n) is 13.5. The number of amides is 1. The maximum absolute atomic E-state index is 13.1. The van der Waals surface area contributed by atoms with E-state index in [2.05, 4.69) is 5.10 Å². The van der Waals surface area contributed by atoms with Crippen LogP contribution in [0.25, 0.3) is 0 Å². The predicted molar refractivity (Wildman–Crippen MR) is 82.0 cm³/mol. The van der Waals surface area contributed by atoms with Crippen LogP contribution in [0, 0.1) is 0 Å². The molecule has 9 heteroatoms. The lowest BCUT2D eigenvalue weighted by molar-refractivity contribution is -0.164. The Balaban J connectivity index is 2.19. The number of hydrogen-bond acceptors (Lipinski definition) is 4. The SMILES string of the molecule is CCCCOc1ccc(C(=O)N2N=C(C(F)F)CC2(O)C(F)F)cc1. The molecule has 5 nitrogen and oxygen atoms in total. The standard InChI is InChI=1S/C16H18F4N2O3/c1-2-3-8-25-11-6-4-10(5-7-11)14(23)22-16(24,15(19)20)9-12(21-22)13(17)18/h4-7,13,15,24H,2-3,8-9H2,1H3. The van der Waals surface area contributed by atoms with Crippen molar-refractivity contribution in [2.45, 2.75) is 44.8 Å². The number of carbonyl (C=O) groups excluding carboxylic acids is 1. The Morgan fingerprint density at radius 1 is 1.32 bits per heavy atom. The van der Waals surface area contributed by atoms with Crippen LogP contribution in [0.2, 0.25) is 0 Å². The number of unbranched alkanes of at least 4 members (excludes halogenated alkanes) is 1. The number of benzene rings is 1. The van der Waals surface area contributed by atoms with E-state index in [9.17, 15) is 27.5 Å². The highest BCUT2D eigenvalue weighted by molar-refractivity contribution is 5.99. The Morgan fingerprint density at radius 2 is 1.96 bits per heavy atom. The van der Waals surface area contributed by atoms with E-state index in [1.54, 1.807) is 0 Å². The topological polar surface area (TPSA) is 62.1 Å². The predicted octanol–water partition coefficient (Wildman–Crippen LogP) is 3.29. The highest BCUT2D eigenvalue weighted by Gasteiger charge is 2.53. The second-order valence-corrected chi connectivity index (χ2v) is 5.59. The van der Waals surface area contributed by atoms with Gasteiger partial charge in [0.2, 0.25) is 5.72 Å². The smallest absolute Gasteiger partial charge is 0.287 e. The Bertz CT molecular complexity index is 637. The van der Waals surface area contributed by atoms with Crippen LogP contribution < -0.4 is 4.74 Å². The molecule has 0 radical (unpaired) electrons. The monoisotopic (exact) mass is 362 g/mol. The van der Waals surface area contributed by atoms with E-state index in [1.165, 1.54) is 24.3 Å². The fraction of sp³-hybridized carbons (Fsp3) is 0.500. The third-order valence-corrected chi connectivity index (χ3v) is 3.70. The number of aliphatic hydroxyl groups is 1. The van der Waals surface area contributed by atoms with Gasteiger partial charge in [-0.05, 0) is 30.7 Å². The van der Waals surface area contributed by atoms with Crippen LogP contribution in [-0.4, -0.2) is 46.9 Å². The minimum Gasteiger partial charge on any atom is -0.494 e. The number of carbonyl (C=O) groups is 1. The summed E-state index contributed by atoms with van der Waals surface area (Å²) in [5.74, 6) is -0.620. The lowest BCUT2D eigenvalue weighted by Gasteiger charge is -2.30. The Labute approximate surface area is 141 Å². The van der Waals surface area contributed by atoms with Crippen molar-refractivity contribution in [1.82, 2.24) is 5.01 Å². The third-order valence-electron chi connectivity index (χ3n) is 3.70. The summed E-state index contributed by atoms with van der Waals surface area (Å²) in [4.78, 5) is 12.3. The average Bonchev–Trinajstić information content (AvgIpc) is 2.95. The highest BCUT2D eigenvalue weighted by Crippen LogP contribution is 2.34. The first-order valence-corrected chi connectivity index (χ1v) is 7.73. The zero-order valence-corrected chi connectivity index (χ0v) is 13.5. The number of nitrogens with zero attached hydrogens (tertiary/aromatic N) is 2. The summed E-state index contributed by atoms with van der Waals surface area (Å²) < 4.78 is 57.2. The Kier molecular flexibility index (Phi) is 5.99. The first-order valence-electron chi connectivity index (χ1n) is 7.73. The molecule has 138 valence electrons. The van der Waals surface area contributed by atoms with Crippen molar-refractivity contribution < 1.29 is 32.2 Å². The van der Waals surface area contributed by atoms with E-state index in [0.717, 1.165) is 12.8 Å². The maximum atomic E-state index is 13.1. The molecule has 0 fully saturated rings. The molecule has 0 aliphatic carbocycles. The van der Waals surface area contributed by atoms with Gasteiger partial charge in [-0.3, -0.25) is 4.79 Å². The van der Waals surface area contributed by atoms with Crippen molar-refractivity contribution in [3.63, 3.8) is 0 Å². The molecule has 1 unspecified atom stereocenters. The molecule has 2 rings (SSSR count). The Hall–Kier alpha value is -2.16. The van der Waals surface area contributed by atoms with Gasteiger partial charge < -0.3 is 9.84 Å². The van der Waals surface area contributed by atoms with Crippen LogP contribution in [0.4, 0.5) is 17.6 Å². The second-order valence-electron chi connectivity index (χ2n) is 5.59. The molecule has 0 aromatic heterocycles. The Morgan fingerprint density at radius 3 is 2.48 bits per heavy atom. The normalized spacial score (nSPS) is 20.3. The molecule has 0 spiro atoms. The fourth-order valence-electron chi connectivity index (χ4n) is 2.25. The molecule has 1 atom stereocenters. The molecule has 1 aromatic rings. The summed E-state index contributed by atoms with van der Waals surface area (Å²) in [7, 11) is 0. The average molecular weight is 362 g/mol. The first-order chi connectivity index (χ1) is 11.8. The number of hydrazone groups is 1. The highest BCUT2D eigenvalue weighted by atomic mass is 19.3. The summed E-state index contributed by atoms with van der Waals surface area (Å²) in [6.45, 7) is 2.49. The van der Waals surface area contributed by atoms with E-state index in [-0.39, 0.29) is 10.6 Å². The van der Waals surface area contributed by atoms with Gasteiger partial charge in [-0.2, -0.15) is 10.1 Å². The number of rotatable bonds is 7. The van der Waals surface area contributed by atoms with E-state index < -0.39 is 36.6 Å². The molecule has 1 amide bonds. The van der Waals surface area contributed by atoms with Crippen molar-refractivity contribution in [2.75, 3.05) is 6.61 Å².